The van der Waals surface area contributed by atoms with E-state index in [0.29, 0.717) is 22.2 Å². The molecule has 0 aliphatic carbocycles. The minimum atomic E-state index is -3.58. The molecule has 0 fully saturated rings. The second-order valence-corrected chi connectivity index (χ2v) is 8.36. The molecule has 9 heteroatoms. The Hall–Kier alpha value is -3.20. The van der Waals surface area contributed by atoms with E-state index in [-0.39, 0.29) is 29.2 Å². The number of benzene rings is 2. The Bertz CT molecular complexity index is 1240. The minimum absolute atomic E-state index is 0.157. The van der Waals surface area contributed by atoms with E-state index in [2.05, 4.69) is 9.71 Å². The molecular formula is C21H21FN2O5S. The third-order valence-electron chi connectivity index (χ3n) is 4.43. The molecule has 0 saturated carbocycles. The van der Waals surface area contributed by atoms with Gasteiger partial charge in [-0.3, -0.25) is 9.71 Å². The number of halogens is 1. The summed E-state index contributed by atoms with van der Waals surface area (Å²) < 4.78 is 50.6. The van der Waals surface area contributed by atoms with Crippen molar-refractivity contribution < 1.29 is 26.8 Å². The second kappa shape index (κ2) is 8.27. The van der Waals surface area contributed by atoms with Gasteiger partial charge in [0.05, 0.1) is 18.6 Å². The number of nitrogens with one attached hydrogen (secondary N) is 1. The lowest BCUT2D eigenvalue weighted by Gasteiger charge is -2.11. The molecule has 0 aliphatic heterocycles. The molecule has 0 spiro atoms. The number of ether oxygens (including phenoxy) is 1. The lowest BCUT2D eigenvalue weighted by Crippen LogP contribution is -2.13. The summed E-state index contributed by atoms with van der Waals surface area (Å²) in [6.07, 6.45) is 1.04. The molecular weight excluding hydrogens is 411 g/mol. The highest BCUT2D eigenvalue weighted by molar-refractivity contribution is 7.92. The zero-order valence-corrected chi connectivity index (χ0v) is 17.8. The first-order chi connectivity index (χ1) is 14.1. The van der Waals surface area contributed by atoms with Gasteiger partial charge in [-0.25, -0.2) is 17.6 Å². The van der Waals surface area contributed by atoms with Crippen LogP contribution in [-0.4, -0.2) is 40.0 Å². The highest BCUT2D eigenvalue weighted by atomic mass is 32.2. The molecule has 2 aromatic carbocycles. The van der Waals surface area contributed by atoms with Gasteiger partial charge in [0.1, 0.15) is 22.7 Å². The monoisotopic (exact) mass is 432 g/mol. The summed E-state index contributed by atoms with van der Waals surface area (Å²) in [6, 6.07) is 8.63. The molecule has 7 nitrogen and oxygen atoms in total. The molecule has 3 aromatic rings. The summed E-state index contributed by atoms with van der Waals surface area (Å²) >= 11 is 0. The molecule has 0 bridgehead atoms. The summed E-state index contributed by atoms with van der Waals surface area (Å²) in [5.74, 6) is -0.822. The topological polar surface area (TPSA) is 98.0 Å². The fourth-order valence-electron chi connectivity index (χ4n) is 3.06. The van der Waals surface area contributed by atoms with Crippen LogP contribution < -0.4 is 4.72 Å². The molecule has 0 radical (unpaired) electrons. The summed E-state index contributed by atoms with van der Waals surface area (Å²) in [7, 11) is -2.00. The Kier molecular flexibility index (Phi) is 5.93. The number of aliphatic imine (C=N–C) groups is 1. The van der Waals surface area contributed by atoms with Crippen molar-refractivity contribution in [1.82, 2.24) is 0 Å². The van der Waals surface area contributed by atoms with E-state index < -0.39 is 21.8 Å². The van der Waals surface area contributed by atoms with Crippen molar-refractivity contribution in [1.29, 1.82) is 0 Å². The van der Waals surface area contributed by atoms with Gasteiger partial charge in [-0.1, -0.05) is 0 Å². The predicted molar refractivity (Wildman–Crippen MR) is 114 cm³/mol. The highest BCUT2D eigenvalue weighted by Crippen LogP contribution is 2.37. The first-order valence-corrected chi connectivity index (χ1v) is 11.0. The fraction of sp³-hybridized carbons (Fsp3) is 0.238. The number of hydrogen-bond acceptors (Lipinski definition) is 6. The van der Waals surface area contributed by atoms with Crippen LogP contribution in [0.1, 0.15) is 29.8 Å². The van der Waals surface area contributed by atoms with Gasteiger partial charge in [0.25, 0.3) is 0 Å². The minimum Gasteiger partial charge on any atom is -0.462 e. The van der Waals surface area contributed by atoms with E-state index in [1.165, 1.54) is 30.3 Å². The Morgan fingerprint density at radius 2 is 1.90 bits per heavy atom. The maximum Gasteiger partial charge on any atom is 0.342 e. The van der Waals surface area contributed by atoms with E-state index in [4.69, 9.17) is 9.15 Å². The normalized spacial score (nSPS) is 12.2. The average Bonchev–Trinajstić information content (AvgIpc) is 3.04. The summed E-state index contributed by atoms with van der Waals surface area (Å²) in [5.41, 5.74) is 2.25. The molecule has 1 N–H and O–H groups in total. The van der Waals surface area contributed by atoms with Crippen LogP contribution in [0, 0.1) is 5.82 Å². The number of esters is 1. The third-order valence-corrected chi connectivity index (χ3v) is 5.03. The Balaban J connectivity index is 2.35. The second-order valence-electron chi connectivity index (χ2n) is 6.61. The van der Waals surface area contributed by atoms with Gasteiger partial charge in [-0.2, -0.15) is 0 Å². The highest BCUT2D eigenvalue weighted by Gasteiger charge is 2.25. The largest absolute Gasteiger partial charge is 0.462 e. The van der Waals surface area contributed by atoms with Crippen LogP contribution in [0.4, 0.5) is 10.1 Å². The Morgan fingerprint density at radius 1 is 1.23 bits per heavy atom. The van der Waals surface area contributed by atoms with Gasteiger partial charge in [-0.05, 0) is 44.2 Å². The number of nitrogens with zero attached hydrogens (tertiary/aromatic N) is 1. The SMILES string of the molecule is CCOC(=O)c1c(-c2ccc(F)cc2)oc2cc(NS(C)(=O)=O)c(C(C)=NC)cc12. The van der Waals surface area contributed by atoms with Gasteiger partial charge in [0.2, 0.25) is 10.0 Å². The first kappa shape index (κ1) is 21.5. The van der Waals surface area contributed by atoms with E-state index in [1.54, 1.807) is 27.0 Å². The van der Waals surface area contributed by atoms with E-state index >= 15 is 0 Å². The number of rotatable bonds is 6. The summed E-state index contributed by atoms with van der Waals surface area (Å²) in [4.78, 5) is 16.9. The zero-order valence-electron chi connectivity index (χ0n) is 16.9. The maximum absolute atomic E-state index is 13.4. The van der Waals surface area contributed by atoms with Gasteiger partial charge in [0, 0.05) is 35.3 Å². The van der Waals surface area contributed by atoms with Crippen LogP contribution in [0.5, 0.6) is 0 Å². The van der Waals surface area contributed by atoms with Gasteiger partial charge in [0.15, 0.2) is 0 Å². The number of carbonyl (C=O) groups excluding carboxylic acids is 1. The number of hydrogen-bond donors (Lipinski definition) is 1. The van der Waals surface area contributed by atoms with Crippen molar-refractivity contribution in [3.63, 3.8) is 0 Å². The van der Waals surface area contributed by atoms with Gasteiger partial charge >= 0.3 is 5.97 Å². The van der Waals surface area contributed by atoms with E-state index in [0.717, 1.165) is 6.26 Å². The van der Waals surface area contributed by atoms with Crippen LogP contribution in [0.2, 0.25) is 0 Å². The average molecular weight is 432 g/mol. The van der Waals surface area contributed by atoms with Crippen LogP contribution in [-0.2, 0) is 14.8 Å². The standard InChI is InChI=1S/C21H21FN2O5S/c1-5-28-21(25)19-16-10-15(12(2)23-3)17(24-30(4,26)27)11-18(16)29-20(19)13-6-8-14(22)9-7-13/h6-11,24H,5H2,1-4H3. The van der Waals surface area contributed by atoms with Gasteiger partial charge in [-0.15, -0.1) is 0 Å². The number of carbonyl (C=O) groups is 1. The molecule has 0 atom stereocenters. The third kappa shape index (κ3) is 4.35. The van der Waals surface area contributed by atoms with Crippen molar-refractivity contribution in [3.8, 4) is 11.3 Å². The molecule has 1 aromatic heterocycles. The van der Waals surface area contributed by atoms with E-state index in [1.807, 2.05) is 0 Å². The molecule has 3 rings (SSSR count). The fourth-order valence-corrected chi connectivity index (χ4v) is 3.63. The van der Waals surface area contributed by atoms with Crippen LogP contribution >= 0.6 is 0 Å². The number of furan rings is 1. The molecule has 30 heavy (non-hydrogen) atoms. The predicted octanol–water partition coefficient (Wildman–Crippen LogP) is 4.23. The molecule has 158 valence electrons. The molecule has 0 aliphatic rings. The van der Waals surface area contributed by atoms with Crippen molar-refractivity contribution >= 4 is 38.4 Å². The zero-order chi connectivity index (χ0) is 22.1. The van der Waals surface area contributed by atoms with Crippen molar-refractivity contribution in [2.75, 3.05) is 24.6 Å². The van der Waals surface area contributed by atoms with Crippen molar-refractivity contribution in [3.05, 3.63) is 53.3 Å². The lowest BCUT2D eigenvalue weighted by atomic mass is 10.0. The van der Waals surface area contributed by atoms with Crippen LogP contribution in [0.25, 0.3) is 22.3 Å². The Labute approximate surface area is 173 Å². The number of sulfonamides is 1. The number of anilines is 1. The summed E-state index contributed by atoms with van der Waals surface area (Å²) in [5, 5.41) is 0.435. The van der Waals surface area contributed by atoms with Crippen molar-refractivity contribution in [2.45, 2.75) is 13.8 Å². The Morgan fingerprint density at radius 3 is 2.47 bits per heavy atom. The van der Waals surface area contributed by atoms with E-state index in [9.17, 15) is 17.6 Å². The van der Waals surface area contributed by atoms with Crippen LogP contribution in [0.15, 0.2) is 45.8 Å². The van der Waals surface area contributed by atoms with Crippen molar-refractivity contribution in [2.24, 2.45) is 4.99 Å². The number of fused-ring (bicyclic) bond motifs is 1. The summed E-state index contributed by atoms with van der Waals surface area (Å²) in [6.45, 7) is 3.56. The molecule has 0 unspecified atom stereocenters. The lowest BCUT2D eigenvalue weighted by molar-refractivity contribution is 0.0528. The maximum atomic E-state index is 13.4. The quantitative estimate of drug-likeness (QED) is 0.464. The molecule has 0 saturated heterocycles. The smallest absolute Gasteiger partial charge is 0.342 e. The van der Waals surface area contributed by atoms with Gasteiger partial charge < -0.3 is 9.15 Å². The molecule has 0 amide bonds. The van der Waals surface area contributed by atoms with Crippen LogP contribution in [0.3, 0.4) is 0 Å². The first-order valence-electron chi connectivity index (χ1n) is 9.09. The molecule has 1 heterocycles.